The fourth-order valence-electron chi connectivity index (χ4n) is 1.73. The summed E-state index contributed by atoms with van der Waals surface area (Å²) in [6, 6.07) is 7.70. The van der Waals surface area contributed by atoms with Gasteiger partial charge < -0.3 is 5.73 Å². The van der Waals surface area contributed by atoms with Crippen molar-refractivity contribution in [3.63, 3.8) is 0 Å². The molecule has 0 bridgehead atoms. The van der Waals surface area contributed by atoms with Gasteiger partial charge in [-0.3, -0.25) is 4.79 Å². The van der Waals surface area contributed by atoms with Gasteiger partial charge >= 0.3 is 6.18 Å². The molecule has 0 saturated carbocycles. The zero-order valence-corrected chi connectivity index (χ0v) is 13.2. The van der Waals surface area contributed by atoms with Crippen molar-refractivity contribution in [3.8, 4) is 5.69 Å². The smallest absolute Gasteiger partial charge is 0.330 e. The van der Waals surface area contributed by atoms with Gasteiger partial charge in [-0.15, -0.1) is 0 Å². The molecule has 0 unspecified atom stereocenters. The van der Waals surface area contributed by atoms with Gasteiger partial charge in [0.15, 0.2) is 5.69 Å². The number of nitrogens with two attached hydrogens (primary N) is 1. The minimum absolute atomic E-state index is 0.203. The SMILES string of the molecule is CCCCN.O=C(Cl)c1cnn(-c2ccccc2)c1C(F)(F)F. The van der Waals surface area contributed by atoms with Gasteiger partial charge in [0.1, 0.15) is 0 Å². The largest absolute Gasteiger partial charge is 0.434 e. The fourth-order valence-corrected chi connectivity index (χ4v) is 1.87. The first-order valence-corrected chi connectivity index (χ1v) is 7.31. The average Bonchev–Trinajstić information content (AvgIpc) is 2.95. The number of unbranched alkanes of at least 4 members (excludes halogenated alkanes) is 1. The summed E-state index contributed by atoms with van der Waals surface area (Å²) >= 11 is 5.12. The number of alkyl halides is 3. The minimum Gasteiger partial charge on any atom is -0.330 e. The second-order valence-electron chi connectivity index (χ2n) is 4.57. The van der Waals surface area contributed by atoms with Gasteiger partial charge in [0.05, 0.1) is 17.4 Å². The number of halogens is 4. The number of para-hydroxylation sites is 1. The summed E-state index contributed by atoms with van der Waals surface area (Å²) in [7, 11) is 0. The molecule has 1 aromatic carbocycles. The number of carbonyl (C=O) groups is 1. The summed E-state index contributed by atoms with van der Waals surface area (Å²) < 4.78 is 39.4. The molecule has 8 heteroatoms. The molecule has 2 aromatic rings. The Balaban J connectivity index is 0.000000463. The Bertz CT molecular complexity index is 625. The maximum absolute atomic E-state index is 12.9. The van der Waals surface area contributed by atoms with Crippen molar-refractivity contribution < 1.29 is 18.0 Å². The van der Waals surface area contributed by atoms with Crippen LogP contribution in [0.5, 0.6) is 0 Å². The number of nitrogens with zero attached hydrogens (tertiary/aromatic N) is 2. The Morgan fingerprint density at radius 3 is 2.30 bits per heavy atom. The maximum atomic E-state index is 12.9. The van der Waals surface area contributed by atoms with Crippen molar-refractivity contribution in [2.45, 2.75) is 25.9 Å². The van der Waals surface area contributed by atoms with Crippen LogP contribution < -0.4 is 5.73 Å². The molecular formula is C15H17ClF3N3O. The molecule has 0 aliphatic heterocycles. The first-order chi connectivity index (χ1) is 10.8. The molecule has 0 radical (unpaired) electrons. The average molecular weight is 348 g/mol. The van der Waals surface area contributed by atoms with E-state index in [4.69, 9.17) is 17.3 Å². The van der Waals surface area contributed by atoms with Crippen LogP contribution in [0.3, 0.4) is 0 Å². The van der Waals surface area contributed by atoms with E-state index >= 15 is 0 Å². The number of hydrogen-bond donors (Lipinski definition) is 1. The van der Waals surface area contributed by atoms with Crippen molar-refractivity contribution in [1.29, 1.82) is 0 Å². The topological polar surface area (TPSA) is 60.9 Å². The molecule has 4 nitrogen and oxygen atoms in total. The Hall–Kier alpha value is -1.86. The van der Waals surface area contributed by atoms with E-state index in [-0.39, 0.29) is 5.69 Å². The third kappa shape index (κ3) is 5.37. The highest BCUT2D eigenvalue weighted by molar-refractivity contribution is 6.67. The molecular weight excluding hydrogens is 331 g/mol. The lowest BCUT2D eigenvalue weighted by molar-refractivity contribution is -0.143. The van der Waals surface area contributed by atoms with Gasteiger partial charge in [0.25, 0.3) is 5.24 Å². The van der Waals surface area contributed by atoms with Crippen molar-refractivity contribution in [2.75, 3.05) is 6.54 Å². The van der Waals surface area contributed by atoms with E-state index in [1.54, 1.807) is 18.2 Å². The molecule has 1 heterocycles. The molecule has 23 heavy (non-hydrogen) atoms. The zero-order valence-electron chi connectivity index (χ0n) is 12.5. The van der Waals surface area contributed by atoms with Crippen LogP contribution in [0.15, 0.2) is 36.5 Å². The summed E-state index contributed by atoms with van der Waals surface area (Å²) in [4.78, 5) is 11.0. The van der Waals surface area contributed by atoms with Gasteiger partial charge in [0, 0.05) is 0 Å². The molecule has 0 aliphatic carbocycles. The lowest BCUT2D eigenvalue weighted by atomic mass is 10.2. The van der Waals surface area contributed by atoms with E-state index in [1.165, 1.54) is 25.0 Å². The van der Waals surface area contributed by atoms with Gasteiger partial charge in [-0.05, 0) is 36.7 Å². The second-order valence-corrected chi connectivity index (χ2v) is 4.91. The molecule has 0 aliphatic rings. The number of carbonyl (C=O) groups excluding carboxylic acids is 1. The van der Waals surface area contributed by atoms with Crippen LogP contribution in [-0.2, 0) is 6.18 Å². The molecule has 0 atom stereocenters. The minimum atomic E-state index is -4.72. The first kappa shape index (κ1) is 19.2. The predicted octanol–water partition coefficient (Wildman–Crippen LogP) is 4.02. The van der Waals surface area contributed by atoms with Crippen LogP contribution in [-0.4, -0.2) is 21.6 Å². The van der Waals surface area contributed by atoms with E-state index in [0.717, 1.165) is 12.7 Å². The van der Waals surface area contributed by atoms with Gasteiger partial charge in [0.2, 0.25) is 0 Å². The van der Waals surface area contributed by atoms with E-state index in [1.807, 2.05) is 0 Å². The van der Waals surface area contributed by atoms with E-state index in [2.05, 4.69) is 12.0 Å². The van der Waals surface area contributed by atoms with Crippen LogP contribution in [0.1, 0.15) is 35.8 Å². The summed E-state index contributed by atoms with van der Waals surface area (Å²) in [5.74, 6) is 0. The summed E-state index contributed by atoms with van der Waals surface area (Å²) in [6.07, 6.45) is -1.52. The van der Waals surface area contributed by atoms with Crippen LogP contribution >= 0.6 is 11.6 Å². The Kier molecular flexibility index (Phi) is 7.25. The molecule has 1 aromatic heterocycles. The molecule has 2 N–H and O–H groups in total. The third-order valence-corrected chi connectivity index (χ3v) is 3.01. The van der Waals surface area contributed by atoms with Gasteiger partial charge in [-0.25, -0.2) is 4.68 Å². The predicted molar refractivity (Wildman–Crippen MR) is 82.7 cm³/mol. The van der Waals surface area contributed by atoms with Crippen LogP contribution in [0, 0.1) is 0 Å². The van der Waals surface area contributed by atoms with Crippen molar-refractivity contribution >= 4 is 16.8 Å². The Morgan fingerprint density at radius 2 is 1.91 bits per heavy atom. The number of hydrogen-bond acceptors (Lipinski definition) is 3. The summed E-state index contributed by atoms with van der Waals surface area (Å²) in [5, 5.41) is 2.38. The number of rotatable bonds is 4. The zero-order chi connectivity index (χ0) is 17.5. The quantitative estimate of drug-likeness (QED) is 0.850. The van der Waals surface area contributed by atoms with Crippen molar-refractivity contribution in [1.82, 2.24) is 9.78 Å². The van der Waals surface area contributed by atoms with Crippen molar-refractivity contribution in [2.24, 2.45) is 5.73 Å². The molecule has 0 amide bonds. The molecule has 0 spiro atoms. The van der Waals surface area contributed by atoms with E-state index in [0.29, 0.717) is 4.68 Å². The first-order valence-electron chi connectivity index (χ1n) is 6.93. The number of aromatic nitrogens is 2. The molecule has 0 fully saturated rings. The summed E-state index contributed by atoms with van der Waals surface area (Å²) in [5.41, 5.74) is 3.51. The standard InChI is InChI=1S/C11H6ClF3N2O.C4H11N/c12-10(18)8-6-16-17(9(8)11(13,14)15)7-4-2-1-3-5-7;1-2-3-4-5/h1-6H;2-5H2,1H3. The van der Waals surface area contributed by atoms with Crippen LogP contribution in [0.2, 0.25) is 0 Å². The van der Waals surface area contributed by atoms with Gasteiger partial charge in [-0.1, -0.05) is 31.5 Å². The monoisotopic (exact) mass is 347 g/mol. The normalized spacial score (nSPS) is 10.9. The van der Waals surface area contributed by atoms with Crippen molar-refractivity contribution in [3.05, 3.63) is 47.8 Å². The van der Waals surface area contributed by atoms with Gasteiger partial charge in [-0.2, -0.15) is 18.3 Å². The fraction of sp³-hybridized carbons (Fsp3) is 0.333. The lowest BCUT2D eigenvalue weighted by Gasteiger charge is -2.11. The van der Waals surface area contributed by atoms with E-state index < -0.39 is 22.7 Å². The second kappa shape index (κ2) is 8.69. The highest BCUT2D eigenvalue weighted by Gasteiger charge is 2.40. The Morgan fingerprint density at radius 1 is 1.30 bits per heavy atom. The molecule has 126 valence electrons. The highest BCUT2D eigenvalue weighted by Crippen LogP contribution is 2.34. The van der Waals surface area contributed by atoms with Crippen LogP contribution in [0.4, 0.5) is 13.2 Å². The lowest BCUT2D eigenvalue weighted by Crippen LogP contribution is -2.16. The Labute approximate surface area is 137 Å². The third-order valence-electron chi connectivity index (χ3n) is 2.81. The highest BCUT2D eigenvalue weighted by atomic mass is 35.5. The number of benzene rings is 1. The molecule has 0 saturated heterocycles. The summed E-state index contributed by atoms with van der Waals surface area (Å²) in [6.45, 7) is 2.98. The van der Waals surface area contributed by atoms with E-state index in [9.17, 15) is 18.0 Å². The maximum Gasteiger partial charge on any atom is 0.434 e. The molecule has 2 rings (SSSR count). The van der Waals surface area contributed by atoms with Crippen LogP contribution in [0.25, 0.3) is 5.69 Å².